The Labute approximate surface area is 84.3 Å². The maximum Gasteiger partial charge on any atom is 0.194 e. The highest BCUT2D eigenvalue weighted by atomic mass is 16.3. The first-order valence-electron chi connectivity index (χ1n) is 5.38. The van der Waals surface area contributed by atoms with E-state index in [0.717, 1.165) is 5.76 Å². The molecular weight excluding hydrogens is 176 g/mol. The Balaban J connectivity index is 2.11. The van der Waals surface area contributed by atoms with Crippen molar-refractivity contribution in [1.82, 2.24) is 0 Å². The zero-order chi connectivity index (χ0) is 9.97. The average molecular weight is 192 g/mol. The zero-order valence-corrected chi connectivity index (χ0v) is 8.58. The largest absolute Gasteiger partial charge is 0.458 e. The summed E-state index contributed by atoms with van der Waals surface area (Å²) < 4.78 is 5.54. The Kier molecular flexibility index (Phi) is 2.71. The van der Waals surface area contributed by atoms with Crippen LogP contribution in [0.3, 0.4) is 0 Å². The van der Waals surface area contributed by atoms with E-state index in [1.807, 2.05) is 6.07 Å². The fraction of sp³-hybridized carbons (Fsp3) is 0.583. The van der Waals surface area contributed by atoms with Crippen LogP contribution in [0.25, 0.3) is 0 Å². The van der Waals surface area contributed by atoms with Gasteiger partial charge in [-0.25, -0.2) is 0 Å². The predicted octanol–water partition coefficient (Wildman–Crippen LogP) is 3.53. The summed E-state index contributed by atoms with van der Waals surface area (Å²) in [5.74, 6) is 2.09. The summed E-state index contributed by atoms with van der Waals surface area (Å²) in [6, 6.07) is 3.76. The molecule has 1 fully saturated rings. The molecule has 0 saturated heterocycles. The average Bonchev–Trinajstić information content (AvgIpc) is 2.68. The van der Waals surface area contributed by atoms with Crippen molar-refractivity contribution >= 4 is 5.78 Å². The molecule has 2 nitrogen and oxygen atoms in total. The van der Waals surface area contributed by atoms with Crippen molar-refractivity contribution in [2.24, 2.45) is 0 Å². The second kappa shape index (κ2) is 3.99. The Morgan fingerprint density at radius 3 is 2.57 bits per heavy atom. The van der Waals surface area contributed by atoms with E-state index in [-0.39, 0.29) is 5.78 Å². The van der Waals surface area contributed by atoms with Crippen LogP contribution in [0.2, 0.25) is 0 Å². The topological polar surface area (TPSA) is 30.2 Å². The molecule has 0 N–H and O–H groups in total. The SMILES string of the molecule is CC(=O)c1ccc(C2CCCCC2)o1. The third-order valence-corrected chi connectivity index (χ3v) is 2.98. The fourth-order valence-electron chi connectivity index (χ4n) is 2.15. The monoisotopic (exact) mass is 192 g/mol. The Hall–Kier alpha value is -1.05. The molecule has 0 radical (unpaired) electrons. The highest BCUT2D eigenvalue weighted by molar-refractivity contribution is 5.91. The first kappa shape index (κ1) is 9.50. The number of rotatable bonds is 2. The lowest BCUT2D eigenvalue weighted by atomic mass is 9.88. The van der Waals surface area contributed by atoms with E-state index in [4.69, 9.17) is 4.42 Å². The third-order valence-electron chi connectivity index (χ3n) is 2.98. The normalized spacial score (nSPS) is 18.4. The van der Waals surface area contributed by atoms with Crippen LogP contribution in [0.5, 0.6) is 0 Å². The van der Waals surface area contributed by atoms with Gasteiger partial charge in [-0.05, 0) is 25.0 Å². The van der Waals surface area contributed by atoms with E-state index >= 15 is 0 Å². The van der Waals surface area contributed by atoms with Crippen molar-refractivity contribution < 1.29 is 9.21 Å². The van der Waals surface area contributed by atoms with E-state index in [0.29, 0.717) is 11.7 Å². The molecule has 1 heterocycles. The van der Waals surface area contributed by atoms with Crippen molar-refractivity contribution in [3.8, 4) is 0 Å². The fourth-order valence-corrected chi connectivity index (χ4v) is 2.15. The molecule has 0 unspecified atom stereocenters. The minimum Gasteiger partial charge on any atom is -0.458 e. The maximum atomic E-state index is 11.0. The van der Waals surface area contributed by atoms with Crippen molar-refractivity contribution in [3.05, 3.63) is 23.7 Å². The molecule has 1 saturated carbocycles. The summed E-state index contributed by atoms with van der Waals surface area (Å²) in [5, 5.41) is 0. The van der Waals surface area contributed by atoms with Gasteiger partial charge >= 0.3 is 0 Å². The predicted molar refractivity (Wildman–Crippen MR) is 54.5 cm³/mol. The molecule has 14 heavy (non-hydrogen) atoms. The van der Waals surface area contributed by atoms with Gasteiger partial charge in [0.25, 0.3) is 0 Å². The molecule has 76 valence electrons. The molecule has 1 aromatic rings. The lowest BCUT2D eigenvalue weighted by Crippen LogP contribution is -2.03. The highest BCUT2D eigenvalue weighted by Crippen LogP contribution is 2.33. The Morgan fingerprint density at radius 2 is 2.00 bits per heavy atom. The van der Waals surface area contributed by atoms with Gasteiger partial charge in [0.15, 0.2) is 11.5 Å². The van der Waals surface area contributed by atoms with E-state index < -0.39 is 0 Å². The van der Waals surface area contributed by atoms with Crippen LogP contribution in [-0.2, 0) is 0 Å². The van der Waals surface area contributed by atoms with Gasteiger partial charge in [-0.2, -0.15) is 0 Å². The number of carbonyl (C=O) groups is 1. The molecule has 2 heteroatoms. The van der Waals surface area contributed by atoms with Crippen LogP contribution in [0.15, 0.2) is 16.5 Å². The van der Waals surface area contributed by atoms with Gasteiger partial charge in [-0.1, -0.05) is 19.3 Å². The van der Waals surface area contributed by atoms with Crippen molar-refractivity contribution in [2.75, 3.05) is 0 Å². The van der Waals surface area contributed by atoms with Crippen LogP contribution in [0.4, 0.5) is 0 Å². The number of hydrogen-bond acceptors (Lipinski definition) is 2. The van der Waals surface area contributed by atoms with E-state index in [1.165, 1.54) is 32.1 Å². The Bertz CT molecular complexity index is 319. The molecule has 2 rings (SSSR count). The quantitative estimate of drug-likeness (QED) is 0.671. The summed E-state index contributed by atoms with van der Waals surface area (Å²) in [7, 11) is 0. The van der Waals surface area contributed by atoms with Crippen molar-refractivity contribution in [2.45, 2.75) is 44.9 Å². The van der Waals surface area contributed by atoms with Crippen LogP contribution in [-0.4, -0.2) is 5.78 Å². The van der Waals surface area contributed by atoms with Crippen molar-refractivity contribution in [1.29, 1.82) is 0 Å². The number of furan rings is 1. The van der Waals surface area contributed by atoms with Gasteiger partial charge in [0.1, 0.15) is 5.76 Å². The summed E-state index contributed by atoms with van der Waals surface area (Å²) in [6.07, 6.45) is 6.36. The molecule has 1 aliphatic carbocycles. The van der Waals surface area contributed by atoms with Gasteiger partial charge in [0.2, 0.25) is 0 Å². The van der Waals surface area contributed by atoms with Crippen LogP contribution in [0.1, 0.15) is 61.3 Å². The van der Waals surface area contributed by atoms with Crippen molar-refractivity contribution in [3.63, 3.8) is 0 Å². The molecule has 0 aliphatic heterocycles. The van der Waals surface area contributed by atoms with Crippen LogP contribution >= 0.6 is 0 Å². The molecule has 0 atom stereocenters. The van der Waals surface area contributed by atoms with E-state index in [2.05, 4.69) is 0 Å². The summed E-state index contributed by atoms with van der Waals surface area (Å²) in [6.45, 7) is 1.55. The molecule has 1 aliphatic rings. The minimum atomic E-state index is 0.0204. The number of Topliss-reactive ketones (excluding diaryl/α,β-unsaturated/α-hetero) is 1. The van der Waals surface area contributed by atoms with Gasteiger partial charge in [-0.15, -0.1) is 0 Å². The molecule has 0 bridgehead atoms. The van der Waals surface area contributed by atoms with Gasteiger partial charge < -0.3 is 4.42 Å². The van der Waals surface area contributed by atoms with Crippen LogP contribution in [0, 0.1) is 0 Å². The van der Waals surface area contributed by atoms with Gasteiger partial charge in [-0.3, -0.25) is 4.79 Å². The number of carbonyl (C=O) groups excluding carboxylic acids is 1. The van der Waals surface area contributed by atoms with Crippen LogP contribution < -0.4 is 0 Å². The van der Waals surface area contributed by atoms with E-state index in [1.54, 1.807) is 13.0 Å². The first-order valence-corrected chi connectivity index (χ1v) is 5.38. The Morgan fingerprint density at radius 1 is 1.29 bits per heavy atom. The first-order chi connectivity index (χ1) is 6.77. The molecule has 0 aromatic carbocycles. The molecular formula is C12H16O2. The second-order valence-corrected chi connectivity index (χ2v) is 4.09. The highest BCUT2D eigenvalue weighted by Gasteiger charge is 2.19. The third kappa shape index (κ3) is 1.89. The molecule has 0 amide bonds. The summed E-state index contributed by atoms with van der Waals surface area (Å²) in [4.78, 5) is 11.0. The second-order valence-electron chi connectivity index (χ2n) is 4.09. The lowest BCUT2D eigenvalue weighted by molar-refractivity contribution is 0.0984. The standard InChI is InChI=1S/C12H16O2/c1-9(13)11-7-8-12(14-11)10-5-3-2-4-6-10/h7-8,10H,2-6H2,1H3. The minimum absolute atomic E-state index is 0.0204. The number of ketones is 1. The lowest BCUT2D eigenvalue weighted by Gasteiger charge is -2.18. The van der Waals surface area contributed by atoms with Gasteiger partial charge in [0, 0.05) is 12.8 Å². The smallest absolute Gasteiger partial charge is 0.194 e. The molecule has 0 spiro atoms. The zero-order valence-electron chi connectivity index (χ0n) is 8.58. The number of hydrogen-bond donors (Lipinski definition) is 0. The molecule has 1 aromatic heterocycles. The summed E-state index contributed by atoms with van der Waals surface area (Å²) in [5.41, 5.74) is 0. The van der Waals surface area contributed by atoms with Gasteiger partial charge in [0.05, 0.1) is 0 Å². The van der Waals surface area contributed by atoms with E-state index in [9.17, 15) is 4.79 Å². The summed E-state index contributed by atoms with van der Waals surface area (Å²) >= 11 is 0. The maximum absolute atomic E-state index is 11.0.